The van der Waals surface area contributed by atoms with Gasteiger partial charge in [-0.05, 0) is 72.8 Å². The fraction of sp³-hybridized carbons (Fsp3) is 0.0263. The van der Waals surface area contributed by atoms with Crippen LogP contribution in [0.1, 0.15) is 16.7 Å². The predicted molar refractivity (Wildman–Crippen MR) is 173 cm³/mol. The number of benzene rings is 5. The average Bonchev–Trinajstić information content (AvgIpc) is 3.59. The van der Waals surface area contributed by atoms with E-state index in [2.05, 4.69) is 17.1 Å². The average molecular weight is 604 g/mol. The lowest BCUT2D eigenvalue weighted by molar-refractivity contribution is -0.137. The van der Waals surface area contributed by atoms with E-state index in [1.165, 1.54) is 12.3 Å². The van der Waals surface area contributed by atoms with E-state index in [0.717, 1.165) is 38.6 Å². The van der Waals surface area contributed by atoms with Crippen molar-refractivity contribution in [1.29, 1.82) is 10.5 Å². The Kier molecular flexibility index (Phi) is 5.96. The van der Waals surface area contributed by atoms with Crippen LogP contribution in [0.2, 0.25) is 0 Å². The second kappa shape index (κ2) is 10.1. The third-order valence-corrected chi connectivity index (χ3v) is 8.46. The van der Waals surface area contributed by atoms with E-state index in [9.17, 15) is 10.5 Å². The Morgan fingerprint density at radius 2 is 1.07 bits per heavy atom. The summed E-state index contributed by atoms with van der Waals surface area (Å²) in [5.41, 5.74) is 3.84. The van der Waals surface area contributed by atoms with Crippen molar-refractivity contribution in [1.82, 2.24) is 14.1 Å². The summed E-state index contributed by atoms with van der Waals surface area (Å²) in [5, 5.41) is 22.5. The highest BCUT2D eigenvalue weighted by molar-refractivity contribution is 6.11. The molecule has 0 bridgehead atoms. The van der Waals surface area contributed by atoms with Crippen LogP contribution in [0, 0.1) is 22.7 Å². The Morgan fingerprint density at radius 1 is 0.543 bits per heavy atom. The SMILES string of the molecule is N#Cc1ccc2c(c1)c1ccccc1n2-c1cccnc1-c1c(-n2c3ccccc3c3cc(C#N)ccc32)cccc1C(F)(F)F. The minimum absolute atomic E-state index is 0.0720. The maximum Gasteiger partial charge on any atom is 0.417 e. The van der Waals surface area contributed by atoms with Crippen LogP contribution in [0.3, 0.4) is 0 Å². The monoisotopic (exact) mass is 603 g/mol. The molecule has 0 saturated carbocycles. The number of hydrogen-bond donors (Lipinski definition) is 0. The molecule has 0 atom stereocenters. The number of pyridine rings is 1. The van der Waals surface area contributed by atoms with Crippen molar-refractivity contribution in [2.75, 3.05) is 0 Å². The maximum atomic E-state index is 15.0. The zero-order chi connectivity index (χ0) is 31.6. The van der Waals surface area contributed by atoms with E-state index >= 15 is 13.2 Å². The van der Waals surface area contributed by atoms with Crippen molar-refractivity contribution in [3.8, 4) is 34.8 Å². The third kappa shape index (κ3) is 3.98. The standard InChI is InChI=1S/C38H20F3N5/c39-38(40,41)29-9-5-12-34(45-30-10-3-1-7-25(30)27-19-23(21-42)14-16-32(27)45)36(29)37-35(13-6-18-44-37)46-31-11-4-2-8-26(31)28-20-24(22-43)15-17-33(28)46/h1-20H. The van der Waals surface area contributed by atoms with Crippen LogP contribution >= 0.6 is 0 Å². The first-order chi connectivity index (χ1) is 22.4. The minimum atomic E-state index is -4.70. The van der Waals surface area contributed by atoms with Crippen molar-refractivity contribution in [3.05, 3.63) is 138 Å². The van der Waals surface area contributed by atoms with E-state index < -0.39 is 11.7 Å². The minimum Gasteiger partial charge on any atom is -0.309 e. The van der Waals surface area contributed by atoms with Gasteiger partial charge in [0.2, 0.25) is 0 Å². The molecule has 218 valence electrons. The number of hydrogen-bond acceptors (Lipinski definition) is 3. The lowest BCUT2D eigenvalue weighted by Gasteiger charge is -2.21. The summed E-state index contributed by atoms with van der Waals surface area (Å²) < 4.78 is 48.8. The van der Waals surface area contributed by atoms with Gasteiger partial charge >= 0.3 is 6.18 Å². The molecule has 0 aliphatic carbocycles. The predicted octanol–water partition coefficient (Wildman–Crippen LogP) is 9.70. The number of para-hydroxylation sites is 2. The van der Waals surface area contributed by atoms with Crippen LogP contribution in [0.15, 0.2) is 121 Å². The Bertz CT molecular complexity index is 2610. The van der Waals surface area contributed by atoms with E-state index in [1.54, 1.807) is 48.5 Å². The number of halogens is 3. The Hall–Kier alpha value is -6.38. The first kappa shape index (κ1) is 27.2. The lowest BCUT2D eigenvalue weighted by atomic mass is 9.99. The molecule has 0 N–H and O–H groups in total. The molecule has 0 amide bonds. The van der Waals surface area contributed by atoms with Crippen LogP contribution in [-0.4, -0.2) is 14.1 Å². The quantitative estimate of drug-likeness (QED) is 0.202. The van der Waals surface area contributed by atoms with Crippen molar-refractivity contribution < 1.29 is 13.2 Å². The second-order valence-electron chi connectivity index (χ2n) is 11.0. The van der Waals surface area contributed by atoms with Crippen LogP contribution in [0.4, 0.5) is 13.2 Å². The highest BCUT2D eigenvalue weighted by atomic mass is 19.4. The van der Waals surface area contributed by atoms with E-state index in [1.807, 2.05) is 63.7 Å². The number of fused-ring (bicyclic) bond motifs is 6. The van der Waals surface area contributed by atoms with Crippen LogP contribution in [0.5, 0.6) is 0 Å². The molecule has 8 heteroatoms. The highest BCUT2D eigenvalue weighted by Gasteiger charge is 2.37. The van der Waals surface area contributed by atoms with Crippen molar-refractivity contribution >= 4 is 43.6 Å². The fourth-order valence-electron chi connectivity index (χ4n) is 6.59. The Morgan fingerprint density at radius 3 is 1.63 bits per heavy atom. The molecule has 0 aliphatic heterocycles. The molecule has 0 unspecified atom stereocenters. The number of nitriles is 2. The van der Waals surface area contributed by atoms with Gasteiger partial charge in [0.05, 0.1) is 68.0 Å². The van der Waals surface area contributed by atoms with E-state index in [4.69, 9.17) is 0 Å². The summed E-state index contributed by atoms with van der Waals surface area (Å²) in [6.45, 7) is 0. The second-order valence-corrected chi connectivity index (χ2v) is 11.0. The number of nitrogens with zero attached hydrogens (tertiary/aromatic N) is 5. The molecule has 5 nitrogen and oxygen atoms in total. The lowest BCUT2D eigenvalue weighted by Crippen LogP contribution is -2.12. The maximum absolute atomic E-state index is 15.0. The summed E-state index contributed by atoms with van der Waals surface area (Å²) in [7, 11) is 0. The van der Waals surface area contributed by atoms with Crippen LogP contribution in [0.25, 0.3) is 66.2 Å². The highest BCUT2D eigenvalue weighted by Crippen LogP contribution is 2.45. The molecule has 3 heterocycles. The summed E-state index contributed by atoms with van der Waals surface area (Å²) >= 11 is 0. The Labute approximate surface area is 260 Å². The molecule has 8 aromatic rings. The number of aromatic nitrogens is 3. The molecule has 0 fully saturated rings. The van der Waals surface area contributed by atoms with Gasteiger partial charge in [-0.3, -0.25) is 4.98 Å². The molecular weight excluding hydrogens is 583 g/mol. The van der Waals surface area contributed by atoms with Gasteiger partial charge in [0, 0.05) is 33.3 Å². The topological polar surface area (TPSA) is 70.3 Å². The molecule has 0 spiro atoms. The zero-order valence-electron chi connectivity index (χ0n) is 23.9. The molecule has 0 radical (unpaired) electrons. The first-order valence-electron chi connectivity index (χ1n) is 14.4. The van der Waals surface area contributed by atoms with Gasteiger partial charge in [0.15, 0.2) is 0 Å². The molecule has 0 aliphatic rings. The normalized spacial score (nSPS) is 11.8. The zero-order valence-corrected chi connectivity index (χ0v) is 23.9. The van der Waals surface area contributed by atoms with Crippen molar-refractivity contribution in [2.45, 2.75) is 6.18 Å². The van der Waals surface area contributed by atoms with Gasteiger partial charge in [-0.1, -0.05) is 42.5 Å². The van der Waals surface area contributed by atoms with Gasteiger partial charge in [-0.25, -0.2) is 0 Å². The summed E-state index contributed by atoms with van der Waals surface area (Å²) in [4.78, 5) is 4.65. The van der Waals surface area contributed by atoms with Gasteiger partial charge < -0.3 is 9.13 Å². The molecule has 8 rings (SSSR count). The fourth-order valence-corrected chi connectivity index (χ4v) is 6.59. The van der Waals surface area contributed by atoms with Gasteiger partial charge in [0.25, 0.3) is 0 Å². The van der Waals surface area contributed by atoms with Crippen LogP contribution < -0.4 is 0 Å². The molecule has 3 aromatic heterocycles. The largest absolute Gasteiger partial charge is 0.417 e. The van der Waals surface area contributed by atoms with Gasteiger partial charge in [-0.15, -0.1) is 0 Å². The van der Waals surface area contributed by atoms with E-state index in [0.29, 0.717) is 33.5 Å². The summed E-state index contributed by atoms with van der Waals surface area (Å²) in [6, 6.07) is 37.7. The number of rotatable bonds is 3. The van der Waals surface area contributed by atoms with Gasteiger partial charge in [-0.2, -0.15) is 23.7 Å². The van der Waals surface area contributed by atoms with Crippen molar-refractivity contribution in [2.24, 2.45) is 0 Å². The third-order valence-electron chi connectivity index (χ3n) is 8.46. The summed E-state index contributed by atoms with van der Waals surface area (Å²) in [5.74, 6) is 0. The number of alkyl halides is 3. The molecule has 5 aromatic carbocycles. The molecular formula is C38H20F3N5. The molecule has 0 saturated heterocycles. The first-order valence-corrected chi connectivity index (χ1v) is 14.4. The van der Waals surface area contributed by atoms with E-state index in [-0.39, 0.29) is 11.3 Å². The summed E-state index contributed by atoms with van der Waals surface area (Å²) in [6.07, 6.45) is -3.20. The van der Waals surface area contributed by atoms with Crippen LogP contribution in [-0.2, 0) is 6.18 Å². The van der Waals surface area contributed by atoms with Crippen molar-refractivity contribution in [3.63, 3.8) is 0 Å². The van der Waals surface area contributed by atoms with Gasteiger partial charge in [0.1, 0.15) is 0 Å². The Balaban J connectivity index is 1.52. The smallest absolute Gasteiger partial charge is 0.309 e. The molecule has 46 heavy (non-hydrogen) atoms.